The molecule has 0 aliphatic rings. The maximum atomic E-state index is 13.0. The average Bonchev–Trinajstić information content (AvgIpc) is 2.76. The first-order chi connectivity index (χ1) is 9.81. The number of benzene rings is 1. The van der Waals surface area contributed by atoms with E-state index in [1.165, 1.54) is 18.3 Å². The van der Waals surface area contributed by atoms with E-state index in [0.29, 0.717) is 24.4 Å². The predicted octanol–water partition coefficient (Wildman–Crippen LogP) is 2.32. The Hall–Kier alpha value is -1.44. The first kappa shape index (κ1) is 15.9. The fraction of sp³-hybridized carbons (Fsp3) is 0.308. The Morgan fingerprint density at radius 3 is 2.71 bits per heavy atom. The average molecular weight is 332 g/mol. The lowest BCUT2D eigenvalue weighted by atomic mass is 10.2. The summed E-state index contributed by atoms with van der Waals surface area (Å²) in [6, 6.07) is 4.08. The van der Waals surface area contributed by atoms with Crippen LogP contribution >= 0.6 is 11.6 Å². The molecule has 0 unspecified atom stereocenters. The zero-order valence-electron chi connectivity index (χ0n) is 11.4. The van der Waals surface area contributed by atoms with E-state index in [1.807, 2.05) is 6.92 Å². The number of rotatable bonds is 5. The minimum atomic E-state index is -3.86. The van der Waals surface area contributed by atoms with Crippen LogP contribution in [0.1, 0.15) is 24.7 Å². The first-order valence-corrected chi connectivity index (χ1v) is 8.26. The second-order valence-corrected chi connectivity index (χ2v) is 6.57. The summed E-state index contributed by atoms with van der Waals surface area (Å²) in [4.78, 5) is 4.05. The third-order valence-corrected chi connectivity index (χ3v) is 4.09. The second-order valence-electron chi connectivity index (χ2n) is 4.65. The molecule has 0 aliphatic heterocycles. The highest BCUT2D eigenvalue weighted by Crippen LogP contribution is 2.20. The zero-order chi connectivity index (χ0) is 15.6. The van der Waals surface area contributed by atoms with Gasteiger partial charge in [0.25, 0.3) is 10.0 Å². The molecule has 2 N–H and O–H groups in total. The molecule has 0 bridgehead atoms. The van der Waals surface area contributed by atoms with Crippen molar-refractivity contribution in [1.29, 1.82) is 0 Å². The van der Waals surface area contributed by atoms with Crippen molar-refractivity contribution in [2.75, 3.05) is 0 Å². The molecule has 2 rings (SSSR count). The zero-order valence-corrected chi connectivity index (χ0v) is 13.0. The maximum absolute atomic E-state index is 13.0. The van der Waals surface area contributed by atoms with Crippen molar-refractivity contribution in [1.82, 2.24) is 9.55 Å². The van der Waals surface area contributed by atoms with Gasteiger partial charge in [0.2, 0.25) is 0 Å². The van der Waals surface area contributed by atoms with Gasteiger partial charge in [-0.2, -0.15) is 0 Å². The van der Waals surface area contributed by atoms with Gasteiger partial charge in [0, 0.05) is 17.6 Å². The van der Waals surface area contributed by atoms with Gasteiger partial charge in [-0.3, -0.25) is 0 Å². The van der Waals surface area contributed by atoms with Crippen LogP contribution in [0, 0.1) is 5.82 Å². The molecule has 1 aromatic heterocycles. The molecule has 114 valence electrons. The van der Waals surface area contributed by atoms with Crippen LogP contribution in [-0.4, -0.2) is 18.0 Å². The molecule has 0 fully saturated rings. The summed E-state index contributed by atoms with van der Waals surface area (Å²) in [5.74, 6) is 0.176. The maximum Gasteiger partial charge on any atom is 0.257 e. The van der Waals surface area contributed by atoms with Crippen molar-refractivity contribution in [3.63, 3.8) is 0 Å². The van der Waals surface area contributed by atoms with Crippen LogP contribution in [0.5, 0.6) is 0 Å². The number of aryl methyl sites for hydroxylation is 1. The van der Waals surface area contributed by atoms with Gasteiger partial charge in [0.1, 0.15) is 11.6 Å². The van der Waals surface area contributed by atoms with E-state index in [0.717, 1.165) is 6.42 Å². The van der Waals surface area contributed by atoms with Gasteiger partial charge in [0.05, 0.1) is 6.54 Å². The molecule has 0 amide bonds. The van der Waals surface area contributed by atoms with Gasteiger partial charge in [-0.15, -0.1) is 0 Å². The normalized spacial score (nSPS) is 11.8. The van der Waals surface area contributed by atoms with Gasteiger partial charge in [-0.1, -0.05) is 24.6 Å². The summed E-state index contributed by atoms with van der Waals surface area (Å²) in [6.07, 6.45) is 2.78. The van der Waals surface area contributed by atoms with E-state index < -0.39 is 15.8 Å². The van der Waals surface area contributed by atoms with Crippen LogP contribution in [0.3, 0.4) is 0 Å². The summed E-state index contributed by atoms with van der Waals surface area (Å²) in [7, 11) is -3.86. The summed E-state index contributed by atoms with van der Waals surface area (Å²) < 4.78 is 37.5. The number of nitrogens with zero attached hydrogens (tertiary/aromatic N) is 2. The predicted molar refractivity (Wildman–Crippen MR) is 78.1 cm³/mol. The van der Waals surface area contributed by atoms with E-state index >= 15 is 0 Å². The fourth-order valence-corrected chi connectivity index (χ4v) is 2.69. The summed E-state index contributed by atoms with van der Waals surface area (Å²) in [5, 5.41) is 5.20. The summed E-state index contributed by atoms with van der Waals surface area (Å²) >= 11 is 5.99. The SMILES string of the molecule is CCCc1nc(S(N)(=O)=O)cn1Cc1ccc(F)cc1Cl. The number of sulfonamides is 1. The number of nitrogens with two attached hydrogens (primary N) is 1. The van der Waals surface area contributed by atoms with Crippen LogP contribution in [0.2, 0.25) is 5.02 Å². The van der Waals surface area contributed by atoms with Gasteiger partial charge in [-0.25, -0.2) is 22.9 Å². The Balaban J connectivity index is 2.40. The van der Waals surface area contributed by atoms with Crippen molar-refractivity contribution in [3.8, 4) is 0 Å². The lowest BCUT2D eigenvalue weighted by Crippen LogP contribution is -2.12. The van der Waals surface area contributed by atoms with Gasteiger partial charge < -0.3 is 4.57 Å². The number of halogens is 2. The molecule has 5 nitrogen and oxygen atoms in total. The van der Waals surface area contributed by atoms with E-state index in [1.54, 1.807) is 10.6 Å². The number of hydrogen-bond acceptors (Lipinski definition) is 3. The second kappa shape index (κ2) is 6.13. The van der Waals surface area contributed by atoms with Crippen molar-refractivity contribution in [3.05, 3.63) is 46.6 Å². The molecule has 21 heavy (non-hydrogen) atoms. The molecule has 8 heteroatoms. The van der Waals surface area contributed by atoms with Gasteiger partial charge >= 0.3 is 0 Å². The smallest absolute Gasteiger partial charge is 0.257 e. The molecular formula is C13H15ClFN3O2S. The Morgan fingerprint density at radius 1 is 1.43 bits per heavy atom. The Kier molecular flexibility index (Phi) is 4.65. The van der Waals surface area contributed by atoms with Crippen molar-refractivity contribution >= 4 is 21.6 Å². The lowest BCUT2D eigenvalue weighted by Gasteiger charge is -2.08. The fourth-order valence-electron chi connectivity index (χ4n) is 1.96. The minimum Gasteiger partial charge on any atom is -0.329 e. The van der Waals surface area contributed by atoms with Crippen LogP contribution in [0.4, 0.5) is 4.39 Å². The quantitative estimate of drug-likeness (QED) is 0.913. The molecule has 0 saturated carbocycles. The number of primary sulfonamides is 1. The lowest BCUT2D eigenvalue weighted by molar-refractivity contribution is 0.594. The largest absolute Gasteiger partial charge is 0.329 e. The van der Waals surface area contributed by atoms with Crippen molar-refractivity contribution in [2.45, 2.75) is 31.3 Å². The highest BCUT2D eigenvalue weighted by atomic mass is 35.5. The van der Waals surface area contributed by atoms with E-state index in [-0.39, 0.29) is 10.0 Å². The molecule has 2 aromatic rings. The summed E-state index contributed by atoms with van der Waals surface area (Å²) in [6.45, 7) is 2.26. The third kappa shape index (κ3) is 3.81. The molecule has 1 aromatic carbocycles. The Morgan fingerprint density at radius 2 is 2.14 bits per heavy atom. The van der Waals surface area contributed by atoms with Gasteiger partial charge in [-0.05, 0) is 24.1 Å². The topological polar surface area (TPSA) is 78.0 Å². The van der Waals surface area contributed by atoms with Crippen molar-refractivity contribution < 1.29 is 12.8 Å². The van der Waals surface area contributed by atoms with E-state index in [4.69, 9.17) is 16.7 Å². The molecular weight excluding hydrogens is 317 g/mol. The number of hydrogen-bond donors (Lipinski definition) is 1. The van der Waals surface area contributed by atoms with Crippen LogP contribution in [0.15, 0.2) is 29.4 Å². The highest BCUT2D eigenvalue weighted by molar-refractivity contribution is 7.89. The molecule has 0 saturated heterocycles. The van der Waals surface area contributed by atoms with Gasteiger partial charge in [0.15, 0.2) is 5.03 Å². The Labute approximate surface area is 127 Å². The van der Waals surface area contributed by atoms with E-state index in [2.05, 4.69) is 4.98 Å². The van der Waals surface area contributed by atoms with Crippen LogP contribution in [-0.2, 0) is 23.0 Å². The molecule has 0 radical (unpaired) electrons. The molecule has 1 heterocycles. The first-order valence-electron chi connectivity index (χ1n) is 6.34. The number of aromatic nitrogens is 2. The molecule has 0 aliphatic carbocycles. The summed E-state index contributed by atoms with van der Waals surface area (Å²) in [5.41, 5.74) is 0.675. The Bertz CT molecular complexity index is 759. The standard InChI is InChI=1S/C13H15ClFN3O2S/c1-2-3-12-17-13(21(16,19)20)8-18(12)7-9-4-5-10(15)6-11(9)14/h4-6,8H,2-3,7H2,1H3,(H2,16,19,20). The van der Waals surface area contributed by atoms with Crippen LogP contribution in [0.25, 0.3) is 0 Å². The monoisotopic (exact) mass is 331 g/mol. The number of imidazole rings is 1. The molecule has 0 atom stereocenters. The molecule has 0 spiro atoms. The third-order valence-electron chi connectivity index (χ3n) is 2.96. The highest BCUT2D eigenvalue weighted by Gasteiger charge is 2.16. The van der Waals surface area contributed by atoms with E-state index in [9.17, 15) is 12.8 Å². The van der Waals surface area contributed by atoms with Crippen molar-refractivity contribution in [2.24, 2.45) is 5.14 Å². The van der Waals surface area contributed by atoms with Crippen LogP contribution < -0.4 is 5.14 Å². The minimum absolute atomic E-state index is 0.177.